The van der Waals surface area contributed by atoms with Crippen molar-refractivity contribution in [2.45, 2.75) is 37.8 Å². The molecule has 1 amide bonds. The fourth-order valence-corrected chi connectivity index (χ4v) is 2.12. The third kappa shape index (κ3) is 3.20. The van der Waals surface area contributed by atoms with Crippen LogP contribution in [0.5, 0.6) is 0 Å². The number of hydrogen-bond donors (Lipinski definition) is 3. The molecule has 0 spiro atoms. The molecule has 2 rings (SSSR count). The zero-order valence-corrected chi connectivity index (χ0v) is 9.73. The van der Waals surface area contributed by atoms with Crippen molar-refractivity contribution in [1.82, 2.24) is 5.32 Å². The van der Waals surface area contributed by atoms with E-state index in [1.165, 1.54) is 0 Å². The second kappa shape index (κ2) is 5.19. The Bertz CT molecular complexity index is 381. The second-order valence-corrected chi connectivity index (χ2v) is 4.60. The monoisotopic (exact) mass is 234 g/mol. The predicted molar refractivity (Wildman–Crippen MR) is 66.6 cm³/mol. The van der Waals surface area contributed by atoms with Gasteiger partial charge in [-0.25, -0.2) is 0 Å². The van der Waals surface area contributed by atoms with Crippen LogP contribution in [0.25, 0.3) is 0 Å². The first-order valence-corrected chi connectivity index (χ1v) is 5.99. The standard InChI is InChI=1S/C13H18N2O2/c14-10-3-1-9(2-4-10)13(17)15-11-5-7-12(16)8-6-11/h1-4,11-12,16H,5-8,14H2,(H,15,17). The molecule has 1 fully saturated rings. The lowest BCUT2D eigenvalue weighted by molar-refractivity contribution is 0.0867. The third-order valence-electron chi connectivity index (χ3n) is 3.20. The maximum absolute atomic E-state index is 11.9. The van der Waals surface area contributed by atoms with Crippen LogP contribution in [-0.4, -0.2) is 23.2 Å². The minimum Gasteiger partial charge on any atom is -0.399 e. The van der Waals surface area contributed by atoms with E-state index in [2.05, 4.69) is 5.32 Å². The average Bonchev–Trinajstić information content (AvgIpc) is 2.33. The lowest BCUT2D eigenvalue weighted by Gasteiger charge is -2.26. The van der Waals surface area contributed by atoms with Crippen molar-refractivity contribution in [2.75, 3.05) is 5.73 Å². The van der Waals surface area contributed by atoms with Gasteiger partial charge in [0.25, 0.3) is 5.91 Å². The van der Waals surface area contributed by atoms with Crippen molar-refractivity contribution in [3.8, 4) is 0 Å². The Labute approximate surface area is 101 Å². The summed E-state index contributed by atoms with van der Waals surface area (Å²) in [6, 6.07) is 7.08. The third-order valence-corrected chi connectivity index (χ3v) is 3.20. The minimum absolute atomic E-state index is 0.0635. The number of aliphatic hydroxyl groups excluding tert-OH is 1. The van der Waals surface area contributed by atoms with Crippen LogP contribution in [0.4, 0.5) is 5.69 Å². The summed E-state index contributed by atoms with van der Waals surface area (Å²) in [5, 5.41) is 12.4. The minimum atomic E-state index is -0.195. The zero-order valence-electron chi connectivity index (χ0n) is 9.73. The highest BCUT2D eigenvalue weighted by Crippen LogP contribution is 2.18. The number of nitrogens with two attached hydrogens (primary N) is 1. The van der Waals surface area contributed by atoms with Crippen molar-refractivity contribution >= 4 is 11.6 Å². The first-order chi connectivity index (χ1) is 8.15. The molecule has 17 heavy (non-hydrogen) atoms. The summed E-state index contributed by atoms with van der Waals surface area (Å²) >= 11 is 0. The van der Waals surface area contributed by atoms with Gasteiger partial charge in [0, 0.05) is 17.3 Å². The molecule has 1 aromatic rings. The quantitative estimate of drug-likeness (QED) is 0.675. The second-order valence-electron chi connectivity index (χ2n) is 4.60. The van der Waals surface area contributed by atoms with Gasteiger partial charge in [-0.15, -0.1) is 0 Å². The smallest absolute Gasteiger partial charge is 0.251 e. The van der Waals surface area contributed by atoms with Gasteiger partial charge < -0.3 is 16.2 Å². The Hall–Kier alpha value is -1.55. The van der Waals surface area contributed by atoms with Crippen LogP contribution in [0.2, 0.25) is 0 Å². The van der Waals surface area contributed by atoms with Gasteiger partial charge in [0.2, 0.25) is 0 Å². The summed E-state index contributed by atoms with van der Waals surface area (Å²) in [7, 11) is 0. The molecule has 4 nitrogen and oxygen atoms in total. The number of benzene rings is 1. The summed E-state index contributed by atoms with van der Waals surface area (Å²) < 4.78 is 0. The Balaban J connectivity index is 1.91. The van der Waals surface area contributed by atoms with E-state index in [1.807, 2.05) is 0 Å². The van der Waals surface area contributed by atoms with E-state index in [1.54, 1.807) is 24.3 Å². The van der Waals surface area contributed by atoms with Crippen molar-refractivity contribution in [2.24, 2.45) is 0 Å². The molecule has 0 aromatic heterocycles. The lowest BCUT2D eigenvalue weighted by Crippen LogP contribution is -2.38. The molecule has 92 valence electrons. The molecule has 0 atom stereocenters. The van der Waals surface area contributed by atoms with Gasteiger partial charge in [-0.1, -0.05) is 0 Å². The van der Waals surface area contributed by atoms with Gasteiger partial charge in [-0.3, -0.25) is 4.79 Å². The Kier molecular flexibility index (Phi) is 3.64. The number of anilines is 1. The van der Waals surface area contributed by atoms with Gasteiger partial charge in [0.05, 0.1) is 6.10 Å². The van der Waals surface area contributed by atoms with Gasteiger partial charge in [-0.05, 0) is 49.9 Å². The number of nitrogen functional groups attached to an aromatic ring is 1. The number of nitrogens with one attached hydrogen (secondary N) is 1. The van der Waals surface area contributed by atoms with Crippen LogP contribution >= 0.6 is 0 Å². The number of carbonyl (C=O) groups is 1. The molecule has 4 heteroatoms. The summed E-state index contributed by atoms with van der Waals surface area (Å²) in [4.78, 5) is 11.9. The van der Waals surface area contributed by atoms with Crippen molar-refractivity contribution in [1.29, 1.82) is 0 Å². The molecular formula is C13H18N2O2. The molecule has 1 saturated carbocycles. The molecule has 4 N–H and O–H groups in total. The SMILES string of the molecule is Nc1ccc(C(=O)NC2CCC(O)CC2)cc1. The van der Waals surface area contributed by atoms with Crippen molar-refractivity contribution in [3.05, 3.63) is 29.8 Å². The first kappa shape index (κ1) is 11.9. The van der Waals surface area contributed by atoms with Crippen LogP contribution in [0.1, 0.15) is 36.0 Å². The normalized spacial score (nSPS) is 24.3. The van der Waals surface area contributed by atoms with Gasteiger partial charge >= 0.3 is 0 Å². The zero-order chi connectivity index (χ0) is 12.3. The molecular weight excluding hydrogens is 216 g/mol. The van der Waals surface area contributed by atoms with E-state index in [-0.39, 0.29) is 18.1 Å². The molecule has 1 aliphatic carbocycles. The van der Waals surface area contributed by atoms with Crippen molar-refractivity contribution < 1.29 is 9.90 Å². The average molecular weight is 234 g/mol. The molecule has 0 saturated heterocycles. The van der Waals surface area contributed by atoms with Crippen LogP contribution in [0.15, 0.2) is 24.3 Å². The van der Waals surface area contributed by atoms with Gasteiger partial charge in [0.1, 0.15) is 0 Å². The van der Waals surface area contributed by atoms with E-state index in [4.69, 9.17) is 5.73 Å². The van der Waals surface area contributed by atoms with E-state index in [0.29, 0.717) is 11.3 Å². The predicted octanol–water partition coefficient (Wildman–Crippen LogP) is 1.30. The van der Waals surface area contributed by atoms with E-state index in [0.717, 1.165) is 25.7 Å². The van der Waals surface area contributed by atoms with E-state index in [9.17, 15) is 9.90 Å². The number of carbonyl (C=O) groups excluding carboxylic acids is 1. The van der Waals surface area contributed by atoms with Crippen LogP contribution in [-0.2, 0) is 0 Å². The highest BCUT2D eigenvalue weighted by atomic mass is 16.3. The van der Waals surface area contributed by atoms with Gasteiger partial charge in [0.15, 0.2) is 0 Å². The highest BCUT2D eigenvalue weighted by Gasteiger charge is 2.21. The largest absolute Gasteiger partial charge is 0.399 e. The summed E-state index contributed by atoms with van der Waals surface area (Å²) in [5.41, 5.74) is 6.85. The van der Waals surface area contributed by atoms with Gasteiger partial charge in [-0.2, -0.15) is 0 Å². The number of hydrogen-bond acceptors (Lipinski definition) is 3. The van der Waals surface area contributed by atoms with Crippen LogP contribution in [0, 0.1) is 0 Å². The first-order valence-electron chi connectivity index (χ1n) is 5.99. The van der Waals surface area contributed by atoms with Crippen LogP contribution < -0.4 is 11.1 Å². The Morgan fingerprint density at radius 3 is 2.35 bits per heavy atom. The fourth-order valence-electron chi connectivity index (χ4n) is 2.12. The molecule has 0 bridgehead atoms. The fraction of sp³-hybridized carbons (Fsp3) is 0.462. The molecule has 0 radical (unpaired) electrons. The van der Waals surface area contributed by atoms with Crippen molar-refractivity contribution in [3.63, 3.8) is 0 Å². The van der Waals surface area contributed by atoms with E-state index >= 15 is 0 Å². The molecule has 0 aliphatic heterocycles. The lowest BCUT2D eigenvalue weighted by atomic mass is 9.93. The Morgan fingerprint density at radius 2 is 1.76 bits per heavy atom. The summed E-state index contributed by atoms with van der Waals surface area (Å²) in [6.07, 6.45) is 3.04. The van der Waals surface area contributed by atoms with Crippen LogP contribution in [0.3, 0.4) is 0 Å². The molecule has 0 unspecified atom stereocenters. The summed E-state index contributed by atoms with van der Waals surface area (Å²) in [6.45, 7) is 0. The van der Waals surface area contributed by atoms with E-state index < -0.39 is 0 Å². The molecule has 1 aliphatic rings. The maximum Gasteiger partial charge on any atom is 0.251 e. The number of aliphatic hydroxyl groups is 1. The molecule has 0 heterocycles. The maximum atomic E-state index is 11.9. The molecule has 1 aromatic carbocycles. The summed E-state index contributed by atoms with van der Waals surface area (Å²) in [5.74, 6) is -0.0635. The number of rotatable bonds is 2. The number of amides is 1. The Morgan fingerprint density at radius 1 is 1.18 bits per heavy atom. The topological polar surface area (TPSA) is 75.4 Å². The highest BCUT2D eigenvalue weighted by molar-refractivity contribution is 5.94.